The van der Waals surface area contributed by atoms with E-state index in [4.69, 9.17) is 5.73 Å². The molecule has 1 heterocycles. The largest absolute Gasteiger partial charge is 0.356 e. The summed E-state index contributed by atoms with van der Waals surface area (Å²) in [6.07, 6.45) is 2.51. The second-order valence-corrected chi connectivity index (χ2v) is 5.04. The van der Waals surface area contributed by atoms with E-state index in [0.29, 0.717) is 19.5 Å². The molecule has 1 aliphatic rings. The Balaban J connectivity index is 1.72. The third-order valence-corrected chi connectivity index (χ3v) is 3.57. The Kier molecular flexibility index (Phi) is 5.36. The highest BCUT2D eigenvalue weighted by Crippen LogP contribution is 2.18. The lowest BCUT2D eigenvalue weighted by molar-refractivity contribution is -0.121. The molecule has 1 aromatic rings. The van der Waals surface area contributed by atoms with Crippen LogP contribution in [0, 0.1) is 0 Å². The quantitative estimate of drug-likeness (QED) is 0.748. The number of hydrogen-bond donors (Lipinski definition) is 2. The van der Waals surface area contributed by atoms with Crippen molar-refractivity contribution >= 4 is 5.91 Å². The van der Waals surface area contributed by atoms with Crippen LogP contribution in [0.1, 0.15) is 24.0 Å². The molecule has 0 saturated heterocycles. The summed E-state index contributed by atoms with van der Waals surface area (Å²) >= 11 is 0. The third-order valence-electron chi connectivity index (χ3n) is 3.57. The van der Waals surface area contributed by atoms with Gasteiger partial charge in [0, 0.05) is 32.6 Å². The number of amides is 1. The van der Waals surface area contributed by atoms with Crippen molar-refractivity contribution in [3.63, 3.8) is 0 Å². The number of benzene rings is 1. The van der Waals surface area contributed by atoms with Crippen LogP contribution in [0.3, 0.4) is 0 Å². The summed E-state index contributed by atoms with van der Waals surface area (Å²) < 4.78 is 0. The number of carbonyl (C=O) groups excluding carboxylic acids is 1. The fraction of sp³-hybridized carbons (Fsp3) is 0.533. The predicted octanol–water partition coefficient (Wildman–Crippen LogP) is 0.900. The van der Waals surface area contributed by atoms with Crippen molar-refractivity contribution in [3.05, 3.63) is 35.4 Å². The normalized spacial score (nSPS) is 15.0. The van der Waals surface area contributed by atoms with Crippen LogP contribution < -0.4 is 11.1 Å². The first-order valence-corrected chi connectivity index (χ1v) is 7.05. The highest BCUT2D eigenvalue weighted by molar-refractivity contribution is 5.76. The van der Waals surface area contributed by atoms with E-state index in [2.05, 4.69) is 34.5 Å². The predicted molar refractivity (Wildman–Crippen MR) is 76.7 cm³/mol. The Morgan fingerprint density at radius 2 is 2.11 bits per heavy atom. The van der Waals surface area contributed by atoms with Gasteiger partial charge in [-0.05, 0) is 30.5 Å². The van der Waals surface area contributed by atoms with Gasteiger partial charge in [-0.1, -0.05) is 24.3 Å². The SMILES string of the molecule is NCCCNC(=O)CCN1CCc2ccccc2C1. The number of hydrogen-bond acceptors (Lipinski definition) is 3. The van der Waals surface area contributed by atoms with Crippen LogP contribution >= 0.6 is 0 Å². The van der Waals surface area contributed by atoms with E-state index in [0.717, 1.165) is 32.5 Å². The van der Waals surface area contributed by atoms with E-state index in [1.54, 1.807) is 0 Å². The number of nitrogens with two attached hydrogens (primary N) is 1. The van der Waals surface area contributed by atoms with Gasteiger partial charge in [-0.15, -0.1) is 0 Å². The van der Waals surface area contributed by atoms with Gasteiger partial charge in [0.05, 0.1) is 0 Å². The van der Waals surface area contributed by atoms with Crippen LogP contribution in [-0.4, -0.2) is 37.0 Å². The lowest BCUT2D eigenvalue weighted by Crippen LogP contribution is -2.35. The highest BCUT2D eigenvalue weighted by Gasteiger charge is 2.15. The molecule has 0 saturated carbocycles. The zero-order chi connectivity index (χ0) is 13.5. The molecule has 0 bridgehead atoms. The summed E-state index contributed by atoms with van der Waals surface area (Å²) in [5.74, 6) is 0.132. The van der Waals surface area contributed by atoms with Crippen molar-refractivity contribution < 1.29 is 4.79 Å². The molecule has 1 aliphatic heterocycles. The van der Waals surface area contributed by atoms with Crippen molar-refractivity contribution in [1.82, 2.24) is 10.2 Å². The van der Waals surface area contributed by atoms with Crippen LogP contribution in [0.15, 0.2) is 24.3 Å². The molecule has 0 spiro atoms. The monoisotopic (exact) mass is 261 g/mol. The maximum Gasteiger partial charge on any atom is 0.221 e. The van der Waals surface area contributed by atoms with E-state index in [1.165, 1.54) is 11.1 Å². The van der Waals surface area contributed by atoms with Gasteiger partial charge in [-0.25, -0.2) is 0 Å². The zero-order valence-corrected chi connectivity index (χ0v) is 11.4. The average Bonchev–Trinajstić information content (AvgIpc) is 2.45. The number of nitrogens with one attached hydrogen (secondary N) is 1. The Labute approximate surface area is 115 Å². The summed E-state index contributed by atoms with van der Waals surface area (Å²) in [5.41, 5.74) is 8.24. The summed E-state index contributed by atoms with van der Waals surface area (Å²) in [7, 11) is 0. The molecular formula is C15H23N3O. The van der Waals surface area contributed by atoms with Crippen LogP contribution in [0.4, 0.5) is 0 Å². The Bertz CT molecular complexity index is 420. The van der Waals surface area contributed by atoms with Gasteiger partial charge in [-0.2, -0.15) is 0 Å². The van der Waals surface area contributed by atoms with Gasteiger partial charge in [-0.3, -0.25) is 9.69 Å². The van der Waals surface area contributed by atoms with Gasteiger partial charge >= 0.3 is 0 Å². The van der Waals surface area contributed by atoms with Crippen LogP contribution in [0.25, 0.3) is 0 Å². The number of rotatable bonds is 6. The molecule has 1 amide bonds. The minimum Gasteiger partial charge on any atom is -0.356 e. The van der Waals surface area contributed by atoms with Gasteiger partial charge in [0.25, 0.3) is 0 Å². The lowest BCUT2D eigenvalue weighted by atomic mass is 10.00. The van der Waals surface area contributed by atoms with E-state index >= 15 is 0 Å². The molecule has 0 atom stereocenters. The minimum absolute atomic E-state index is 0.132. The van der Waals surface area contributed by atoms with E-state index < -0.39 is 0 Å². The van der Waals surface area contributed by atoms with Gasteiger partial charge in [0.15, 0.2) is 0 Å². The molecule has 2 rings (SSSR count). The molecule has 0 radical (unpaired) electrons. The summed E-state index contributed by atoms with van der Waals surface area (Å²) in [4.78, 5) is 14.0. The molecule has 4 heteroatoms. The molecule has 1 aromatic carbocycles. The lowest BCUT2D eigenvalue weighted by Gasteiger charge is -2.28. The minimum atomic E-state index is 0.132. The molecular weight excluding hydrogens is 238 g/mol. The maximum atomic E-state index is 11.6. The van der Waals surface area contributed by atoms with Gasteiger partial charge in [0.2, 0.25) is 5.91 Å². The van der Waals surface area contributed by atoms with E-state index in [-0.39, 0.29) is 5.91 Å². The molecule has 0 fully saturated rings. The summed E-state index contributed by atoms with van der Waals surface area (Å²) in [6.45, 7) is 4.17. The van der Waals surface area contributed by atoms with Crippen LogP contribution in [0.2, 0.25) is 0 Å². The third kappa shape index (κ3) is 4.33. The first-order chi connectivity index (χ1) is 9.29. The number of fused-ring (bicyclic) bond motifs is 1. The van der Waals surface area contributed by atoms with E-state index in [1.807, 2.05) is 0 Å². The average molecular weight is 261 g/mol. The maximum absolute atomic E-state index is 11.6. The summed E-state index contributed by atoms with van der Waals surface area (Å²) in [5, 5.41) is 2.90. The molecule has 0 aliphatic carbocycles. The second kappa shape index (κ2) is 7.26. The Morgan fingerprint density at radius 3 is 2.89 bits per heavy atom. The number of carbonyl (C=O) groups is 1. The van der Waals surface area contributed by atoms with Crippen LogP contribution in [0.5, 0.6) is 0 Å². The van der Waals surface area contributed by atoms with E-state index in [9.17, 15) is 4.79 Å². The van der Waals surface area contributed by atoms with Gasteiger partial charge in [0.1, 0.15) is 0 Å². The van der Waals surface area contributed by atoms with Crippen molar-refractivity contribution in [1.29, 1.82) is 0 Å². The molecule has 0 aromatic heterocycles. The second-order valence-electron chi connectivity index (χ2n) is 5.04. The van der Waals surface area contributed by atoms with Crippen molar-refractivity contribution in [3.8, 4) is 0 Å². The fourth-order valence-corrected chi connectivity index (χ4v) is 2.42. The number of nitrogens with zero attached hydrogens (tertiary/aromatic N) is 1. The first-order valence-electron chi connectivity index (χ1n) is 7.05. The smallest absolute Gasteiger partial charge is 0.221 e. The topological polar surface area (TPSA) is 58.4 Å². The summed E-state index contributed by atoms with van der Waals surface area (Å²) in [6, 6.07) is 8.57. The van der Waals surface area contributed by atoms with Crippen molar-refractivity contribution in [2.75, 3.05) is 26.2 Å². The molecule has 0 unspecified atom stereocenters. The first kappa shape index (κ1) is 14.0. The van der Waals surface area contributed by atoms with Gasteiger partial charge < -0.3 is 11.1 Å². The Hall–Kier alpha value is -1.39. The molecule has 4 nitrogen and oxygen atoms in total. The fourth-order valence-electron chi connectivity index (χ4n) is 2.42. The van der Waals surface area contributed by atoms with Crippen molar-refractivity contribution in [2.45, 2.75) is 25.8 Å². The highest BCUT2D eigenvalue weighted by atomic mass is 16.1. The molecule has 19 heavy (non-hydrogen) atoms. The molecule has 104 valence electrons. The van der Waals surface area contributed by atoms with Crippen molar-refractivity contribution in [2.24, 2.45) is 5.73 Å². The zero-order valence-electron chi connectivity index (χ0n) is 11.4. The standard InChI is InChI=1S/C15H23N3O/c16-8-3-9-17-15(19)7-11-18-10-6-13-4-1-2-5-14(13)12-18/h1-2,4-5H,3,6-12,16H2,(H,17,19). The Morgan fingerprint density at radius 1 is 1.32 bits per heavy atom. The molecule has 3 N–H and O–H groups in total. The van der Waals surface area contributed by atoms with Crippen LogP contribution in [-0.2, 0) is 17.8 Å².